The summed E-state index contributed by atoms with van der Waals surface area (Å²) in [6, 6.07) is 9.91. The number of hydrogen-bond acceptors (Lipinski definition) is 4. The second-order valence-corrected chi connectivity index (χ2v) is 15.5. The van der Waals surface area contributed by atoms with Gasteiger partial charge in [-0.3, -0.25) is 9.59 Å². The van der Waals surface area contributed by atoms with Crippen molar-refractivity contribution in [2.75, 3.05) is 6.38 Å². The first-order valence-corrected chi connectivity index (χ1v) is 17.0. The van der Waals surface area contributed by atoms with Crippen molar-refractivity contribution in [1.29, 1.82) is 0 Å². The molecule has 0 heterocycles. The van der Waals surface area contributed by atoms with Gasteiger partial charge in [0, 0.05) is 18.2 Å². The summed E-state index contributed by atoms with van der Waals surface area (Å²) in [7, 11) is 0. The van der Waals surface area contributed by atoms with Crippen molar-refractivity contribution in [3.8, 4) is 0 Å². The third-order valence-corrected chi connectivity index (χ3v) is 13.3. The lowest BCUT2D eigenvalue weighted by atomic mass is 9.36. The minimum atomic E-state index is -0.102. The molecule has 4 fully saturated rings. The predicted octanol–water partition coefficient (Wildman–Crippen LogP) is 8.60. The highest BCUT2D eigenvalue weighted by Crippen LogP contribution is 2.71. The summed E-state index contributed by atoms with van der Waals surface area (Å²) >= 11 is 4.64. The van der Waals surface area contributed by atoms with E-state index in [2.05, 4.69) is 52.3 Å². The number of alkyl halides is 1. The zero-order chi connectivity index (χ0) is 30.5. The van der Waals surface area contributed by atoms with Crippen molar-refractivity contribution in [2.24, 2.45) is 57.2 Å². The van der Waals surface area contributed by atoms with Crippen LogP contribution in [-0.4, -0.2) is 24.4 Å². The standard InChI is InChI=1S/C36H48O4.CH3Cl/c1-33(2)25(21-37)12-17-36(5)30(33)14-18-35(4)27-13-16-34(3)15-11-24(19-28(34)26(27)20-29(38)31(35)36)32(39)40-22-23-9-7-6-8-10-23;1-2/h6-10,20-21,24-25,27-28,30-31H,11-19,22H2,1-5H3;1H3. The Bertz CT molecular complexity index is 1220. The molecule has 230 valence electrons. The van der Waals surface area contributed by atoms with E-state index in [9.17, 15) is 14.4 Å². The highest BCUT2D eigenvalue weighted by molar-refractivity contribution is 6.15. The first kappa shape index (κ1) is 31.5. The number of fused-ring (bicyclic) bond motifs is 7. The quantitative estimate of drug-likeness (QED) is 0.199. The lowest BCUT2D eigenvalue weighted by Crippen LogP contribution is -2.63. The number of carbonyl (C=O) groups is 3. The summed E-state index contributed by atoms with van der Waals surface area (Å²) in [6.45, 7) is 12.1. The van der Waals surface area contributed by atoms with Crippen LogP contribution in [0, 0.1) is 57.2 Å². The number of carbonyl (C=O) groups excluding carboxylic acids is 3. The summed E-state index contributed by atoms with van der Waals surface area (Å²) in [4.78, 5) is 39.6. The molecule has 5 aliphatic carbocycles. The first-order valence-electron chi connectivity index (χ1n) is 16.2. The van der Waals surface area contributed by atoms with Gasteiger partial charge in [-0.25, -0.2) is 0 Å². The Hall–Kier alpha value is -1.94. The van der Waals surface area contributed by atoms with Crippen LogP contribution in [0.25, 0.3) is 0 Å². The van der Waals surface area contributed by atoms with Crippen LogP contribution in [0.15, 0.2) is 42.0 Å². The van der Waals surface area contributed by atoms with Gasteiger partial charge in [-0.05, 0) is 109 Å². The molecule has 6 rings (SSSR count). The maximum Gasteiger partial charge on any atom is 0.309 e. The lowest BCUT2D eigenvalue weighted by Gasteiger charge is -2.67. The average molecular weight is 595 g/mol. The maximum absolute atomic E-state index is 14.3. The fraction of sp³-hybridized carbons (Fsp3) is 0.703. The number of benzene rings is 1. The molecule has 0 radical (unpaired) electrons. The SMILES string of the molecule is CC12CCC(C(=O)OCc3ccccc3)CC1C1=CC(=O)C3C(C)(CCC4C(C)(C)C(C=O)CCC43C)C1CC2.CCl. The van der Waals surface area contributed by atoms with Gasteiger partial charge in [0.25, 0.3) is 0 Å². The molecule has 5 heteroatoms. The van der Waals surface area contributed by atoms with Crippen LogP contribution in [0.4, 0.5) is 0 Å². The van der Waals surface area contributed by atoms with E-state index < -0.39 is 0 Å². The number of allylic oxidation sites excluding steroid dienone is 2. The molecule has 9 unspecified atom stereocenters. The molecule has 0 spiro atoms. The molecule has 0 saturated heterocycles. The van der Waals surface area contributed by atoms with E-state index in [0.717, 1.165) is 56.9 Å². The number of rotatable bonds is 4. The van der Waals surface area contributed by atoms with Gasteiger partial charge in [-0.2, -0.15) is 0 Å². The third kappa shape index (κ3) is 4.92. The van der Waals surface area contributed by atoms with Crippen molar-refractivity contribution < 1.29 is 19.1 Å². The Morgan fingerprint density at radius 3 is 2.26 bits per heavy atom. The third-order valence-electron chi connectivity index (χ3n) is 13.3. The van der Waals surface area contributed by atoms with Gasteiger partial charge in [-0.1, -0.05) is 70.5 Å². The number of esters is 1. The summed E-state index contributed by atoms with van der Waals surface area (Å²) in [5.74, 6) is 1.28. The van der Waals surface area contributed by atoms with Crippen LogP contribution >= 0.6 is 11.6 Å². The van der Waals surface area contributed by atoms with Gasteiger partial charge in [0.1, 0.15) is 12.9 Å². The van der Waals surface area contributed by atoms with Crippen LogP contribution in [0.2, 0.25) is 0 Å². The van der Waals surface area contributed by atoms with E-state index in [0.29, 0.717) is 24.2 Å². The summed E-state index contributed by atoms with van der Waals surface area (Å²) in [5.41, 5.74) is 2.30. The van der Waals surface area contributed by atoms with E-state index in [1.54, 1.807) is 0 Å². The minimum absolute atomic E-state index is 0.0129. The summed E-state index contributed by atoms with van der Waals surface area (Å²) < 4.78 is 5.80. The average Bonchev–Trinajstić information content (AvgIpc) is 2.96. The molecule has 0 bridgehead atoms. The molecule has 4 saturated carbocycles. The predicted molar refractivity (Wildman–Crippen MR) is 168 cm³/mol. The zero-order valence-electron chi connectivity index (χ0n) is 26.6. The molecular formula is C37H51ClO4. The Morgan fingerprint density at radius 1 is 0.905 bits per heavy atom. The van der Waals surface area contributed by atoms with Gasteiger partial charge in [0.05, 0.1) is 5.92 Å². The van der Waals surface area contributed by atoms with E-state index in [1.807, 2.05) is 30.3 Å². The number of aldehydes is 1. The van der Waals surface area contributed by atoms with E-state index >= 15 is 0 Å². The highest BCUT2D eigenvalue weighted by Gasteiger charge is 2.66. The fourth-order valence-corrected chi connectivity index (χ4v) is 11.1. The smallest absolute Gasteiger partial charge is 0.309 e. The minimum Gasteiger partial charge on any atom is -0.461 e. The Morgan fingerprint density at radius 2 is 1.57 bits per heavy atom. The molecule has 0 aromatic heterocycles. The van der Waals surface area contributed by atoms with Crippen LogP contribution in [0.1, 0.15) is 98.0 Å². The highest BCUT2D eigenvalue weighted by atomic mass is 35.5. The number of halogens is 1. The van der Waals surface area contributed by atoms with Crippen molar-refractivity contribution in [3.05, 3.63) is 47.5 Å². The molecule has 0 aliphatic heterocycles. The van der Waals surface area contributed by atoms with Crippen molar-refractivity contribution in [3.63, 3.8) is 0 Å². The number of ketones is 1. The molecule has 0 amide bonds. The first-order chi connectivity index (χ1) is 19.9. The lowest BCUT2D eigenvalue weighted by molar-refractivity contribution is -0.177. The van der Waals surface area contributed by atoms with E-state index in [4.69, 9.17) is 4.74 Å². The van der Waals surface area contributed by atoms with Crippen LogP contribution in [0.5, 0.6) is 0 Å². The van der Waals surface area contributed by atoms with Crippen LogP contribution in [0.3, 0.4) is 0 Å². The summed E-state index contributed by atoms with van der Waals surface area (Å²) in [5, 5.41) is 0. The van der Waals surface area contributed by atoms with Gasteiger partial charge in [0.2, 0.25) is 0 Å². The molecule has 4 nitrogen and oxygen atoms in total. The van der Waals surface area contributed by atoms with Crippen molar-refractivity contribution in [1.82, 2.24) is 0 Å². The van der Waals surface area contributed by atoms with Crippen LogP contribution in [-0.2, 0) is 25.7 Å². The second-order valence-electron chi connectivity index (χ2n) is 15.5. The second kappa shape index (κ2) is 11.5. The maximum atomic E-state index is 14.3. The van der Waals surface area contributed by atoms with Gasteiger partial charge < -0.3 is 9.53 Å². The Kier molecular flexibility index (Phi) is 8.64. The topological polar surface area (TPSA) is 60.4 Å². The Balaban J connectivity index is 0.00000173. The zero-order valence-corrected chi connectivity index (χ0v) is 27.3. The van der Waals surface area contributed by atoms with Crippen molar-refractivity contribution >= 4 is 29.6 Å². The number of hydrogen-bond donors (Lipinski definition) is 0. The van der Waals surface area contributed by atoms with Gasteiger partial charge >= 0.3 is 5.97 Å². The molecule has 5 aliphatic rings. The van der Waals surface area contributed by atoms with Gasteiger partial charge in [0.15, 0.2) is 5.78 Å². The normalized spacial score (nSPS) is 41.8. The molecule has 0 N–H and O–H groups in total. The largest absolute Gasteiger partial charge is 0.461 e. The molecule has 1 aromatic carbocycles. The van der Waals surface area contributed by atoms with Crippen LogP contribution < -0.4 is 0 Å². The summed E-state index contributed by atoms with van der Waals surface area (Å²) in [6.07, 6.45) is 13.7. The van der Waals surface area contributed by atoms with E-state index in [1.165, 1.54) is 24.7 Å². The number of ether oxygens (including phenoxy) is 1. The Labute approximate surface area is 258 Å². The molecular weight excluding hydrogens is 544 g/mol. The molecule has 42 heavy (non-hydrogen) atoms. The van der Waals surface area contributed by atoms with E-state index in [-0.39, 0.29) is 51.3 Å². The van der Waals surface area contributed by atoms with Crippen molar-refractivity contribution in [2.45, 2.75) is 99.0 Å². The molecule has 9 atom stereocenters. The molecule has 1 aromatic rings. The van der Waals surface area contributed by atoms with Gasteiger partial charge in [-0.15, -0.1) is 11.6 Å². The fourth-order valence-electron chi connectivity index (χ4n) is 11.1. The monoisotopic (exact) mass is 594 g/mol.